The van der Waals surface area contributed by atoms with Gasteiger partial charge in [-0.05, 0) is 12.1 Å². The van der Waals surface area contributed by atoms with E-state index < -0.39 is 12.1 Å². The molecule has 0 heterocycles. The Bertz CT molecular complexity index is 391. The van der Waals surface area contributed by atoms with E-state index in [4.69, 9.17) is 11.2 Å². The van der Waals surface area contributed by atoms with E-state index in [-0.39, 0.29) is 11.3 Å². The maximum atomic E-state index is 12.0. The molecule has 0 aliphatic heterocycles. The maximum absolute atomic E-state index is 12.0. The van der Waals surface area contributed by atoms with Gasteiger partial charge in [-0.15, -0.1) is 19.6 Å². The second-order valence-corrected chi connectivity index (χ2v) is 2.56. The van der Waals surface area contributed by atoms with Crippen molar-refractivity contribution in [3.8, 4) is 23.8 Å². The molecule has 15 heavy (non-hydrogen) atoms. The third-order valence-electron chi connectivity index (χ3n) is 1.56. The average molecular weight is 216 g/mol. The quantitative estimate of drug-likeness (QED) is 0.707. The van der Waals surface area contributed by atoms with Crippen molar-refractivity contribution in [3.05, 3.63) is 23.8 Å². The summed E-state index contributed by atoms with van der Waals surface area (Å²) in [5, 5.41) is 0. The number of hydrogen-bond acceptors (Lipinski definition) is 2. The first-order chi connectivity index (χ1) is 6.96. The lowest BCUT2D eigenvalue weighted by Gasteiger charge is -2.12. The van der Waals surface area contributed by atoms with Gasteiger partial charge in [-0.3, -0.25) is 0 Å². The van der Waals surface area contributed by atoms with Crippen LogP contribution in [0, 0.1) is 12.3 Å². The zero-order chi connectivity index (χ0) is 11.5. The van der Waals surface area contributed by atoms with E-state index in [2.05, 4.69) is 10.7 Å². The number of alkyl halides is 3. The number of terminal acetylenes is 1. The van der Waals surface area contributed by atoms with Crippen LogP contribution in [-0.2, 0) is 0 Å². The highest BCUT2D eigenvalue weighted by Gasteiger charge is 2.32. The molecule has 0 aliphatic carbocycles. The zero-order valence-electron chi connectivity index (χ0n) is 7.76. The van der Waals surface area contributed by atoms with E-state index in [0.717, 1.165) is 6.07 Å². The average Bonchev–Trinajstić information content (AvgIpc) is 2.15. The molecule has 0 N–H and O–H groups in total. The van der Waals surface area contributed by atoms with Crippen molar-refractivity contribution in [1.82, 2.24) is 0 Å². The molecule has 0 saturated carbocycles. The minimum atomic E-state index is -4.76. The number of ether oxygens (including phenoxy) is 2. The number of hydrogen-bond donors (Lipinski definition) is 0. The first-order valence-electron chi connectivity index (χ1n) is 3.86. The van der Waals surface area contributed by atoms with E-state index in [1.807, 2.05) is 0 Å². The summed E-state index contributed by atoms with van der Waals surface area (Å²) in [6.07, 6.45) is 0.283. The van der Waals surface area contributed by atoms with Crippen LogP contribution < -0.4 is 9.47 Å². The molecule has 0 aliphatic rings. The zero-order valence-corrected chi connectivity index (χ0v) is 7.76. The van der Waals surface area contributed by atoms with Crippen LogP contribution in [0.25, 0.3) is 0 Å². The van der Waals surface area contributed by atoms with E-state index in [9.17, 15) is 13.2 Å². The van der Waals surface area contributed by atoms with Crippen molar-refractivity contribution >= 4 is 0 Å². The summed E-state index contributed by atoms with van der Waals surface area (Å²) in [7, 11) is 1.24. The van der Waals surface area contributed by atoms with Crippen LogP contribution in [0.4, 0.5) is 13.2 Å². The minimum Gasteiger partial charge on any atom is -0.493 e. The Labute approximate surface area is 84.6 Å². The van der Waals surface area contributed by atoms with Gasteiger partial charge in [0, 0.05) is 11.6 Å². The second-order valence-electron chi connectivity index (χ2n) is 2.56. The molecular formula is C10H7F3O2. The lowest BCUT2D eigenvalue weighted by atomic mass is 10.2. The minimum absolute atomic E-state index is 0.0219. The third kappa shape index (κ3) is 3.09. The van der Waals surface area contributed by atoms with Crippen LogP contribution in [-0.4, -0.2) is 13.5 Å². The molecule has 0 bridgehead atoms. The summed E-state index contributed by atoms with van der Waals surface area (Å²) in [4.78, 5) is 0. The lowest BCUT2D eigenvalue weighted by Crippen LogP contribution is -2.17. The van der Waals surface area contributed by atoms with E-state index in [0.29, 0.717) is 0 Å². The van der Waals surface area contributed by atoms with Gasteiger partial charge in [0.25, 0.3) is 0 Å². The molecular weight excluding hydrogens is 209 g/mol. The molecule has 80 valence electrons. The predicted octanol–water partition coefficient (Wildman–Crippen LogP) is 2.58. The van der Waals surface area contributed by atoms with Gasteiger partial charge in [-0.25, -0.2) is 0 Å². The number of halogens is 3. The SMILES string of the molecule is C#Cc1ccc(OC)c(OC(F)(F)F)c1. The molecule has 5 heteroatoms. The highest BCUT2D eigenvalue weighted by atomic mass is 19.4. The molecule has 0 saturated heterocycles. The van der Waals surface area contributed by atoms with Crippen LogP contribution in [0.3, 0.4) is 0 Å². The van der Waals surface area contributed by atoms with Gasteiger partial charge in [-0.1, -0.05) is 5.92 Å². The van der Waals surface area contributed by atoms with Crippen molar-refractivity contribution in [1.29, 1.82) is 0 Å². The van der Waals surface area contributed by atoms with Crippen LogP contribution in [0.1, 0.15) is 5.56 Å². The van der Waals surface area contributed by atoms with Crippen LogP contribution in [0.15, 0.2) is 18.2 Å². The summed E-state index contributed by atoms with van der Waals surface area (Å²) in [5.41, 5.74) is 0.287. The summed E-state index contributed by atoms with van der Waals surface area (Å²) < 4.78 is 44.3. The lowest BCUT2D eigenvalue weighted by molar-refractivity contribution is -0.275. The normalized spacial score (nSPS) is 10.6. The summed E-state index contributed by atoms with van der Waals surface area (Å²) in [6.45, 7) is 0. The smallest absolute Gasteiger partial charge is 0.493 e. The Balaban J connectivity index is 3.08. The standard InChI is InChI=1S/C10H7F3O2/c1-3-7-4-5-8(14-2)9(6-7)15-10(11,12)13/h1,4-6H,2H3. The Morgan fingerprint density at radius 1 is 1.27 bits per heavy atom. The summed E-state index contributed by atoms with van der Waals surface area (Å²) in [6, 6.07) is 3.87. The first kappa shape index (κ1) is 11.2. The fraction of sp³-hybridized carbons (Fsp3) is 0.200. The fourth-order valence-corrected chi connectivity index (χ4v) is 0.971. The topological polar surface area (TPSA) is 18.5 Å². The van der Waals surface area contributed by atoms with Crippen molar-refractivity contribution in [2.45, 2.75) is 6.36 Å². The largest absolute Gasteiger partial charge is 0.573 e. The molecule has 1 aromatic carbocycles. The van der Waals surface area contributed by atoms with Crippen LogP contribution >= 0.6 is 0 Å². The van der Waals surface area contributed by atoms with E-state index in [1.54, 1.807) is 0 Å². The molecule has 0 aromatic heterocycles. The monoisotopic (exact) mass is 216 g/mol. The molecule has 0 unspecified atom stereocenters. The number of benzene rings is 1. The van der Waals surface area contributed by atoms with Crippen molar-refractivity contribution in [3.63, 3.8) is 0 Å². The molecule has 0 spiro atoms. The Morgan fingerprint density at radius 3 is 2.40 bits per heavy atom. The summed E-state index contributed by atoms with van der Waals surface area (Å²) >= 11 is 0. The van der Waals surface area contributed by atoms with Crippen molar-refractivity contribution in [2.24, 2.45) is 0 Å². The second kappa shape index (κ2) is 4.13. The Kier molecular flexibility index (Phi) is 3.10. The highest BCUT2D eigenvalue weighted by Crippen LogP contribution is 2.32. The molecule has 2 nitrogen and oxygen atoms in total. The fourth-order valence-electron chi connectivity index (χ4n) is 0.971. The van der Waals surface area contributed by atoms with Crippen LogP contribution in [0.5, 0.6) is 11.5 Å². The third-order valence-corrected chi connectivity index (χ3v) is 1.56. The van der Waals surface area contributed by atoms with Gasteiger partial charge in [0.05, 0.1) is 7.11 Å². The molecule has 0 atom stereocenters. The predicted molar refractivity (Wildman–Crippen MR) is 47.6 cm³/mol. The number of rotatable bonds is 2. The molecule has 1 rings (SSSR count). The van der Waals surface area contributed by atoms with Crippen molar-refractivity contribution < 1.29 is 22.6 Å². The Morgan fingerprint density at radius 2 is 1.93 bits per heavy atom. The maximum Gasteiger partial charge on any atom is 0.573 e. The van der Waals surface area contributed by atoms with Crippen molar-refractivity contribution in [2.75, 3.05) is 7.11 Å². The highest BCUT2D eigenvalue weighted by molar-refractivity contribution is 5.47. The molecule has 0 radical (unpaired) electrons. The van der Waals surface area contributed by atoms with E-state index in [1.165, 1.54) is 19.2 Å². The van der Waals surface area contributed by atoms with Crippen LogP contribution in [0.2, 0.25) is 0 Å². The van der Waals surface area contributed by atoms with Gasteiger partial charge >= 0.3 is 6.36 Å². The van der Waals surface area contributed by atoms with Gasteiger partial charge in [0.15, 0.2) is 11.5 Å². The van der Waals surface area contributed by atoms with Gasteiger partial charge in [0.2, 0.25) is 0 Å². The number of methoxy groups -OCH3 is 1. The molecule has 0 amide bonds. The molecule has 0 fully saturated rings. The van der Waals surface area contributed by atoms with E-state index >= 15 is 0 Å². The van der Waals surface area contributed by atoms with Gasteiger partial charge in [-0.2, -0.15) is 0 Å². The van der Waals surface area contributed by atoms with Gasteiger partial charge < -0.3 is 9.47 Å². The first-order valence-corrected chi connectivity index (χ1v) is 3.86. The van der Waals surface area contributed by atoms with Gasteiger partial charge in [0.1, 0.15) is 0 Å². The summed E-state index contributed by atoms with van der Waals surface area (Å²) in [5.74, 6) is 1.74. The molecule has 1 aromatic rings. The Hall–Kier alpha value is -1.83.